The Labute approximate surface area is 129 Å². The molecule has 0 radical (unpaired) electrons. The molecule has 0 unspecified atom stereocenters. The molecule has 4 nitrogen and oxygen atoms in total. The highest BCUT2D eigenvalue weighted by Crippen LogP contribution is 2.27. The molecule has 2 aromatic rings. The van der Waals surface area contributed by atoms with Gasteiger partial charge in [0, 0.05) is 22.8 Å². The summed E-state index contributed by atoms with van der Waals surface area (Å²) in [7, 11) is 3.05. The van der Waals surface area contributed by atoms with Crippen LogP contribution in [0.25, 0.3) is 0 Å². The van der Waals surface area contributed by atoms with Crippen LogP contribution in [0.3, 0.4) is 0 Å². The lowest BCUT2D eigenvalue weighted by Gasteiger charge is -2.12. The van der Waals surface area contributed by atoms with Gasteiger partial charge in [-0.3, -0.25) is 9.59 Å². The number of ether oxygens (including phenoxy) is 2. The van der Waals surface area contributed by atoms with Gasteiger partial charge in [0.05, 0.1) is 14.2 Å². The normalized spacial score (nSPS) is 10.2. The lowest BCUT2D eigenvalue weighted by molar-refractivity contribution is 0.102. The van der Waals surface area contributed by atoms with Gasteiger partial charge in [-0.1, -0.05) is 12.1 Å². The Morgan fingerprint density at radius 2 is 1.59 bits per heavy atom. The summed E-state index contributed by atoms with van der Waals surface area (Å²) >= 11 is 0. The number of aryl methyl sites for hydroxylation is 1. The van der Waals surface area contributed by atoms with Crippen LogP contribution in [-0.4, -0.2) is 26.3 Å². The SMILES string of the molecule is COc1cc(OC)cc(C(=O)c2c(C=O)ccc(C)c2C)c1. The molecule has 0 aliphatic heterocycles. The smallest absolute Gasteiger partial charge is 0.194 e. The first kappa shape index (κ1) is 15.8. The summed E-state index contributed by atoms with van der Waals surface area (Å²) in [6, 6.07) is 8.48. The van der Waals surface area contributed by atoms with E-state index in [1.807, 2.05) is 19.9 Å². The zero-order chi connectivity index (χ0) is 16.3. The maximum absolute atomic E-state index is 12.9. The van der Waals surface area contributed by atoms with Crippen LogP contribution in [0.15, 0.2) is 30.3 Å². The Morgan fingerprint density at radius 1 is 1.00 bits per heavy atom. The third kappa shape index (κ3) is 2.86. The number of hydrogen-bond donors (Lipinski definition) is 0. The highest BCUT2D eigenvalue weighted by molar-refractivity contribution is 6.14. The van der Waals surface area contributed by atoms with Crippen molar-refractivity contribution in [2.45, 2.75) is 13.8 Å². The summed E-state index contributed by atoms with van der Waals surface area (Å²) in [5, 5.41) is 0. The van der Waals surface area contributed by atoms with Gasteiger partial charge in [-0.05, 0) is 37.1 Å². The Bertz CT molecular complexity index is 710. The predicted molar refractivity (Wildman–Crippen MR) is 84.3 cm³/mol. The first-order valence-corrected chi connectivity index (χ1v) is 6.85. The zero-order valence-electron chi connectivity index (χ0n) is 13.1. The molecule has 0 saturated heterocycles. The van der Waals surface area contributed by atoms with E-state index in [4.69, 9.17) is 9.47 Å². The molecule has 0 atom stereocenters. The first-order chi connectivity index (χ1) is 10.5. The number of ketones is 1. The molecule has 0 fully saturated rings. The summed E-state index contributed by atoms with van der Waals surface area (Å²) in [5.74, 6) is 0.835. The van der Waals surface area contributed by atoms with Gasteiger partial charge in [-0.2, -0.15) is 0 Å². The van der Waals surface area contributed by atoms with Gasteiger partial charge in [0.15, 0.2) is 12.1 Å². The van der Waals surface area contributed by atoms with Crippen LogP contribution in [0, 0.1) is 13.8 Å². The zero-order valence-corrected chi connectivity index (χ0v) is 13.1. The van der Waals surface area contributed by atoms with E-state index in [9.17, 15) is 9.59 Å². The average Bonchev–Trinajstić information content (AvgIpc) is 2.55. The van der Waals surface area contributed by atoms with Crippen molar-refractivity contribution in [1.82, 2.24) is 0 Å². The van der Waals surface area contributed by atoms with Crippen LogP contribution in [0.4, 0.5) is 0 Å². The van der Waals surface area contributed by atoms with Crippen LogP contribution >= 0.6 is 0 Å². The minimum Gasteiger partial charge on any atom is -0.497 e. The highest BCUT2D eigenvalue weighted by Gasteiger charge is 2.19. The second-order valence-electron chi connectivity index (χ2n) is 5.02. The Hall–Kier alpha value is -2.62. The number of hydrogen-bond acceptors (Lipinski definition) is 4. The quantitative estimate of drug-likeness (QED) is 0.627. The molecule has 2 aromatic carbocycles. The first-order valence-electron chi connectivity index (χ1n) is 6.85. The molecule has 0 N–H and O–H groups in total. The van der Waals surface area contributed by atoms with E-state index in [1.54, 1.807) is 24.3 Å². The molecule has 0 amide bonds. The second kappa shape index (κ2) is 6.43. The van der Waals surface area contributed by atoms with Gasteiger partial charge < -0.3 is 9.47 Å². The van der Waals surface area contributed by atoms with Crippen molar-refractivity contribution in [3.8, 4) is 11.5 Å². The Morgan fingerprint density at radius 3 is 2.09 bits per heavy atom. The van der Waals surface area contributed by atoms with Gasteiger partial charge in [0.1, 0.15) is 11.5 Å². The number of carbonyl (C=O) groups is 2. The number of aldehydes is 1. The van der Waals surface area contributed by atoms with E-state index >= 15 is 0 Å². The van der Waals surface area contributed by atoms with E-state index in [-0.39, 0.29) is 5.78 Å². The van der Waals surface area contributed by atoms with Gasteiger partial charge in [0.25, 0.3) is 0 Å². The van der Waals surface area contributed by atoms with E-state index in [0.717, 1.165) is 11.1 Å². The summed E-state index contributed by atoms with van der Waals surface area (Å²) in [4.78, 5) is 24.1. The Kier molecular flexibility index (Phi) is 4.61. The van der Waals surface area contributed by atoms with Crippen molar-refractivity contribution in [3.63, 3.8) is 0 Å². The van der Waals surface area contributed by atoms with Crippen molar-refractivity contribution >= 4 is 12.1 Å². The van der Waals surface area contributed by atoms with Crippen molar-refractivity contribution in [3.05, 3.63) is 58.1 Å². The van der Waals surface area contributed by atoms with Crippen LogP contribution < -0.4 is 9.47 Å². The van der Waals surface area contributed by atoms with Crippen molar-refractivity contribution < 1.29 is 19.1 Å². The average molecular weight is 298 g/mol. The van der Waals surface area contributed by atoms with Gasteiger partial charge >= 0.3 is 0 Å². The molecule has 0 heterocycles. The predicted octanol–water partition coefficient (Wildman–Crippen LogP) is 3.36. The topological polar surface area (TPSA) is 52.6 Å². The number of rotatable bonds is 5. The van der Waals surface area contributed by atoms with Crippen LogP contribution in [-0.2, 0) is 0 Å². The number of carbonyl (C=O) groups excluding carboxylic acids is 2. The minimum absolute atomic E-state index is 0.222. The van der Waals surface area contributed by atoms with Crippen molar-refractivity contribution in [1.29, 1.82) is 0 Å². The fourth-order valence-corrected chi connectivity index (χ4v) is 2.32. The molecule has 0 aliphatic carbocycles. The van der Waals surface area contributed by atoms with E-state index in [1.165, 1.54) is 14.2 Å². The summed E-state index contributed by atoms with van der Waals surface area (Å²) in [6.07, 6.45) is 0.705. The Balaban J connectivity index is 2.62. The molecule has 114 valence electrons. The molecule has 0 saturated carbocycles. The summed E-state index contributed by atoms with van der Waals surface area (Å²) in [5.41, 5.74) is 2.99. The molecular formula is C18H18O4. The fraction of sp³-hybridized carbons (Fsp3) is 0.222. The summed E-state index contributed by atoms with van der Waals surface area (Å²) < 4.78 is 10.4. The molecule has 0 aromatic heterocycles. The lowest BCUT2D eigenvalue weighted by Crippen LogP contribution is -2.09. The van der Waals surface area contributed by atoms with Crippen LogP contribution in [0.1, 0.15) is 37.4 Å². The lowest BCUT2D eigenvalue weighted by atomic mass is 9.92. The third-order valence-electron chi connectivity index (χ3n) is 3.74. The second-order valence-corrected chi connectivity index (χ2v) is 5.02. The van der Waals surface area contributed by atoms with E-state index in [2.05, 4.69) is 0 Å². The monoisotopic (exact) mass is 298 g/mol. The molecule has 22 heavy (non-hydrogen) atoms. The van der Waals surface area contributed by atoms with Crippen LogP contribution in [0.5, 0.6) is 11.5 Å². The minimum atomic E-state index is -0.222. The summed E-state index contributed by atoms with van der Waals surface area (Å²) in [6.45, 7) is 3.75. The molecule has 0 aliphatic rings. The van der Waals surface area contributed by atoms with Crippen molar-refractivity contribution in [2.75, 3.05) is 14.2 Å². The largest absolute Gasteiger partial charge is 0.497 e. The highest BCUT2D eigenvalue weighted by atomic mass is 16.5. The van der Waals surface area contributed by atoms with E-state index < -0.39 is 0 Å². The molecular weight excluding hydrogens is 280 g/mol. The number of methoxy groups -OCH3 is 2. The van der Waals surface area contributed by atoms with Gasteiger partial charge in [-0.15, -0.1) is 0 Å². The number of benzene rings is 2. The fourth-order valence-electron chi connectivity index (χ4n) is 2.32. The van der Waals surface area contributed by atoms with Crippen LogP contribution in [0.2, 0.25) is 0 Å². The molecule has 2 rings (SSSR count). The van der Waals surface area contributed by atoms with Gasteiger partial charge in [-0.25, -0.2) is 0 Å². The van der Waals surface area contributed by atoms with Crippen molar-refractivity contribution in [2.24, 2.45) is 0 Å². The molecule has 0 bridgehead atoms. The van der Waals surface area contributed by atoms with Gasteiger partial charge in [0.2, 0.25) is 0 Å². The maximum Gasteiger partial charge on any atom is 0.194 e. The molecule has 4 heteroatoms. The van der Waals surface area contributed by atoms with E-state index in [0.29, 0.717) is 34.5 Å². The third-order valence-corrected chi connectivity index (χ3v) is 3.74. The maximum atomic E-state index is 12.9. The molecule has 0 spiro atoms. The standard InChI is InChI=1S/C18H18O4/c1-11-5-6-13(10-19)17(12(11)2)18(20)14-7-15(21-3)9-16(8-14)22-4/h5-10H,1-4H3.